The van der Waals surface area contributed by atoms with E-state index in [9.17, 15) is 22.8 Å². The van der Waals surface area contributed by atoms with Crippen molar-refractivity contribution in [2.24, 2.45) is 23.2 Å². The number of nitrogens with one attached hydrogen (secondary N) is 1. The van der Waals surface area contributed by atoms with E-state index in [2.05, 4.69) is 43.9 Å². The Bertz CT molecular complexity index is 2000. The number of hydrogen-bond donors (Lipinski definition) is 1. The molecule has 2 amide bonds. The number of nitrogens with zero attached hydrogens (tertiary/aromatic N) is 3. The summed E-state index contributed by atoms with van der Waals surface area (Å²) in [6.07, 6.45) is 3.36. The zero-order chi connectivity index (χ0) is 36.6. The number of carbonyl (C=O) groups excluding carboxylic acids is 3. The molecule has 0 radical (unpaired) electrons. The number of fused-ring (bicyclic) bond motifs is 2. The molecule has 2 aliphatic heterocycles. The third-order valence-electron chi connectivity index (χ3n) is 12.0. The number of aryl methyl sites for hydroxylation is 2. The SMILES string of the molecule is CC[C@@H]1CC1(CC(=O)[C@@H]1C[C@@H](Oc2cc(-c3nc(C(C)C)cs3)nc3c(C)c(C)ccc23)[C@H]2CC[C@H](C(C)C)C(=O)N21)C(=O)NS(=O)(=O)C1CC1. The van der Waals surface area contributed by atoms with Crippen LogP contribution < -0.4 is 9.46 Å². The van der Waals surface area contributed by atoms with Crippen molar-refractivity contribution in [3.05, 3.63) is 40.4 Å². The van der Waals surface area contributed by atoms with E-state index in [0.29, 0.717) is 50.7 Å². The number of pyridine rings is 1. The molecule has 0 bridgehead atoms. The third-order valence-corrected chi connectivity index (χ3v) is 14.7. The van der Waals surface area contributed by atoms with Gasteiger partial charge in [0.2, 0.25) is 21.8 Å². The lowest BCUT2D eigenvalue weighted by Gasteiger charge is -2.40. The number of Topliss-reactive ketones (excluding diaryl/α,β-unsaturated/α-hetero) is 1. The lowest BCUT2D eigenvalue weighted by atomic mass is 9.84. The number of rotatable bonds is 12. The van der Waals surface area contributed by atoms with Crippen molar-refractivity contribution in [1.29, 1.82) is 0 Å². The molecule has 2 saturated heterocycles. The number of carbonyl (C=O) groups is 3. The predicted octanol–water partition coefficient (Wildman–Crippen LogP) is 6.87. The Hall–Kier alpha value is -3.38. The topological polar surface area (TPSA) is 136 Å². The number of thiazole rings is 1. The van der Waals surface area contributed by atoms with E-state index in [-0.39, 0.29) is 47.8 Å². The van der Waals surface area contributed by atoms with Crippen LogP contribution in [0.15, 0.2) is 23.6 Å². The van der Waals surface area contributed by atoms with Crippen molar-refractivity contribution in [2.75, 3.05) is 0 Å². The van der Waals surface area contributed by atoms with E-state index in [1.54, 1.807) is 16.2 Å². The second-order valence-corrected chi connectivity index (χ2v) is 18.9. The van der Waals surface area contributed by atoms with Crippen molar-refractivity contribution in [3.63, 3.8) is 0 Å². The van der Waals surface area contributed by atoms with Crippen LogP contribution in [0.4, 0.5) is 0 Å². The van der Waals surface area contributed by atoms with Crippen molar-refractivity contribution in [1.82, 2.24) is 19.6 Å². The minimum absolute atomic E-state index is 0.0425. The number of ether oxygens (including phenoxy) is 1. The standard InChI is InChI=1S/C39H50N4O6S2/c1-8-24-17-39(24,38(46)42-51(47,48)25-10-11-25)18-32(44)31-16-34(30-14-13-26(20(2)3)37(45)43(30)31)49-33-15-28(36-41-29(19-50-36)21(4)5)40-35-23(7)22(6)9-12-27(33)35/h9,12,15,19-21,24-26,30-31,34H,8,10-11,13-14,16-18H2,1-7H3,(H,42,46)/t24-,26-,30-,31+,34-,39?/m1/s1. The van der Waals surface area contributed by atoms with Gasteiger partial charge >= 0.3 is 0 Å². The Morgan fingerprint density at radius 3 is 2.47 bits per heavy atom. The maximum atomic E-state index is 14.4. The van der Waals surface area contributed by atoms with E-state index < -0.39 is 38.7 Å². The molecular formula is C39H50N4O6S2. The van der Waals surface area contributed by atoms with Gasteiger partial charge in [0, 0.05) is 35.6 Å². The van der Waals surface area contributed by atoms with Crippen LogP contribution in [0.3, 0.4) is 0 Å². The van der Waals surface area contributed by atoms with Crippen LogP contribution in [0.1, 0.15) is 109 Å². The van der Waals surface area contributed by atoms with Gasteiger partial charge in [-0.1, -0.05) is 47.1 Å². The molecule has 1 unspecified atom stereocenters. The van der Waals surface area contributed by atoms with Crippen LogP contribution in [0.5, 0.6) is 5.75 Å². The van der Waals surface area contributed by atoms with E-state index in [1.807, 2.05) is 32.9 Å². The molecule has 274 valence electrons. The lowest BCUT2D eigenvalue weighted by molar-refractivity contribution is -0.149. The third kappa shape index (κ3) is 6.49. The molecule has 51 heavy (non-hydrogen) atoms. The van der Waals surface area contributed by atoms with Crippen molar-refractivity contribution >= 4 is 49.9 Å². The second-order valence-electron chi connectivity index (χ2n) is 16.1. The zero-order valence-corrected chi connectivity index (χ0v) is 32.3. The molecule has 6 atom stereocenters. The first-order valence-corrected chi connectivity index (χ1v) is 21.0. The maximum absolute atomic E-state index is 14.4. The van der Waals surface area contributed by atoms with Crippen molar-refractivity contribution in [3.8, 4) is 16.5 Å². The zero-order valence-electron chi connectivity index (χ0n) is 30.7. The molecule has 0 spiro atoms. The molecule has 2 saturated carbocycles. The van der Waals surface area contributed by atoms with Crippen molar-refractivity contribution in [2.45, 2.75) is 129 Å². The first-order valence-electron chi connectivity index (χ1n) is 18.6. The minimum atomic E-state index is -3.76. The summed E-state index contributed by atoms with van der Waals surface area (Å²) in [5.74, 6) is -0.0805. The van der Waals surface area contributed by atoms with Gasteiger partial charge < -0.3 is 9.64 Å². The van der Waals surface area contributed by atoms with E-state index >= 15 is 0 Å². The largest absolute Gasteiger partial charge is 0.487 e. The average Bonchev–Trinajstić information content (AvgIpc) is 3.97. The summed E-state index contributed by atoms with van der Waals surface area (Å²) in [6.45, 7) is 14.4. The first kappa shape index (κ1) is 36.0. The van der Waals surface area contributed by atoms with Crippen LogP contribution in [-0.2, 0) is 24.4 Å². The number of ketones is 1. The molecule has 2 aromatic heterocycles. The van der Waals surface area contributed by atoms with Crippen LogP contribution in [0.2, 0.25) is 0 Å². The fourth-order valence-corrected chi connectivity index (χ4v) is 10.7. The molecule has 4 fully saturated rings. The van der Waals surface area contributed by atoms with E-state index in [4.69, 9.17) is 14.7 Å². The van der Waals surface area contributed by atoms with Gasteiger partial charge in [-0.2, -0.15) is 0 Å². The highest BCUT2D eigenvalue weighted by atomic mass is 32.2. The van der Waals surface area contributed by atoms with E-state index in [1.165, 1.54) is 0 Å². The Labute approximate surface area is 305 Å². The van der Waals surface area contributed by atoms with Gasteiger partial charge in [0.15, 0.2) is 5.78 Å². The molecular weight excluding hydrogens is 685 g/mol. The normalized spacial score (nSPS) is 27.7. The van der Waals surface area contributed by atoms with Gasteiger partial charge in [-0.05, 0) is 80.9 Å². The van der Waals surface area contributed by atoms with Gasteiger partial charge in [-0.25, -0.2) is 18.4 Å². The molecule has 10 nitrogen and oxygen atoms in total. The smallest absolute Gasteiger partial charge is 0.240 e. The molecule has 3 aromatic rings. The van der Waals surface area contributed by atoms with Gasteiger partial charge in [0.1, 0.15) is 22.6 Å². The summed E-state index contributed by atoms with van der Waals surface area (Å²) in [7, 11) is -3.76. The highest BCUT2D eigenvalue weighted by Crippen LogP contribution is 2.58. The van der Waals surface area contributed by atoms with Crippen LogP contribution in [0.25, 0.3) is 21.6 Å². The van der Waals surface area contributed by atoms with Crippen LogP contribution in [0, 0.1) is 37.0 Å². The highest BCUT2D eigenvalue weighted by Gasteiger charge is 2.62. The predicted molar refractivity (Wildman–Crippen MR) is 198 cm³/mol. The fourth-order valence-electron chi connectivity index (χ4n) is 8.39. The summed E-state index contributed by atoms with van der Waals surface area (Å²) in [5.41, 5.74) is 3.65. The maximum Gasteiger partial charge on any atom is 0.240 e. The number of aromatic nitrogens is 2. The van der Waals surface area contributed by atoms with Gasteiger partial charge in [-0.3, -0.25) is 19.1 Å². The van der Waals surface area contributed by atoms with Gasteiger partial charge in [-0.15, -0.1) is 11.3 Å². The number of hydrogen-bond acceptors (Lipinski definition) is 9. The Kier molecular flexibility index (Phi) is 9.34. The molecule has 1 aromatic carbocycles. The van der Waals surface area contributed by atoms with Crippen LogP contribution in [-0.4, -0.2) is 64.3 Å². The number of sulfonamides is 1. The molecule has 4 aliphatic rings. The fraction of sp³-hybridized carbons (Fsp3) is 0.615. The molecule has 4 heterocycles. The molecule has 12 heteroatoms. The highest BCUT2D eigenvalue weighted by molar-refractivity contribution is 7.90. The summed E-state index contributed by atoms with van der Waals surface area (Å²) in [6, 6.07) is 4.95. The summed E-state index contributed by atoms with van der Waals surface area (Å²) >= 11 is 1.55. The monoisotopic (exact) mass is 734 g/mol. The van der Waals surface area contributed by atoms with E-state index in [0.717, 1.165) is 38.4 Å². The lowest BCUT2D eigenvalue weighted by Crippen LogP contribution is -2.54. The summed E-state index contributed by atoms with van der Waals surface area (Å²) in [4.78, 5) is 54.0. The quantitative estimate of drug-likeness (QED) is 0.213. The van der Waals surface area contributed by atoms with Gasteiger partial charge in [0.25, 0.3) is 0 Å². The van der Waals surface area contributed by atoms with Crippen molar-refractivity contribution < 1.29 is 27.5 Å². The Balaban J connectivity index is 1.22. The minimum Gasteiger partial charge on any atom is -0.487 e. The Morgan fingerprint density at radius 2 is 1.84 bits per heavy atom. The first-order chi connectivity index (χ1) is 24.1. The Morgan fingerprint density at radius 1 is 1.10 bits per heavy atom. The molecule has 7 rings (SSSR count). The molecule has 1 N–H and O–H groups in total. The second kappa shape index (κ2) is 13.2. The number of piperidine rings is 1. The van der Waals surface area contributed by atoms with Crippen LogP contribution >= 0.6 is 11.3 Å². The average molecular weight is 735 g/mol. The summed E-state index contributed by atoms with van der Waals surface area (Å²) < 4.78 is 34.8. The van der Waals surface area contributed by atoms with Gasteiger partial charge in [0.05, 0.1) is 34.0 Å². The summed E-state index contributed by atoms with van der Waals surface area (Å²) in [5, 5.41) is 3.20. The number of benzene rings is 1. The molecule has 2 aliphatic carbocycles. The number of amides is 2.